The van der Waals surface area contributed by atoms with E-state index >= 15 is 0 Å². The third-order valence-electron chi connectivity index (χ3n) is 3.30. The fourth-order valence-electron chi connectivity index (χ4n) is 2.20. The molecule has 0 saturated carbocycles. The van der Waals surface area contributed by atoms with Crippen LogP contribution in [0.4, 0.5) is 0 Å². The SMILES string of the molecule is Cc1cccc(C)c1OCCCC(=O)c1ccccc1. The molecule has 20 heavy (non-hydrogen) atoms. The Morgan fingerprint density at radius 2 is 1.60 bits per heavy atom. The van der Waals surface area contributed by atoms with Gasteiger partial charge in [0.15, 0.2) is 5.78 Å². The highest BCUT2D eigenvalue weighted by Crippen LogP contribution is 2.22. The van der Waals surface area contributed by atoms with Crippen molar-refractivity contribution in [2.24, 2.45) is 0 Å². The fraction of sp³-hybridized carbons (Fsp3) is 0.278. The number of carbonyl (C=O) groups excluding carboxylic acids is 1. The zero-order valence-electron chi connectivity index (χ0n) is 12.1. The second-order valence-corrected chi connectivity index (χ2v) is 4.96. The van der Waals surface area contributed by atoms with E-state index in [0.29, 0.717) is 13.0 Å². The van der Waals surface area contributed by atoms with Gasteiger partial charge in [0, 0.05) is 12.0 Å². The molecule has 0 aliphatic carbocycles. The topological polar surface area (TPSA) is 26.3 Å². The molecule has 2 aromatic rings. The zero-order valence-corrected chi connectivity index (χ0v) is 12.1. The molecule has 2 heteroatoms. The summed E-state index contributed by atoms with van der Waals surface area (Å²) >= 11 is 0. The van der Waals surface area contributed by atoms with Gasteiger partial charge in [-0.05, 0) is 31.4 Å². The molecular weight excluding hydrogens is 248 g/mol. The highest BCUT2D eigenvalue weighted by atomic mass is 16.5. The maximum absolute atomic E-state index is 11.9. The van der Waals surface area contributed by atoms with Crippen LogP contribution in [0.1, 0.15) is 34.3 Å². The number of para-hydroxylation sites is 1. The molecule has 0 atom stereocenters. The number of carbonyl (C=O) groups is 1. The summed E-state index contributed by atoms with van der Waals surface area (Å²) in [5, 5.41) is 0. The van der Waals surface area contributed by atoms with Crippen molar-refractivity contribution in [3.05, 3.63) is 65.2 Å². The maximum Gasteiger partial charge on any atom is 0.163 e. The molecule has 0 heterocycles. The van der Waals surface area contributed by atoms with Gasteiger partial charge in [-0.2, -0.15) is 0 Å². The van der Waals surface area contributed by atoms with Gasteiger partial charge < -0.3 is 4.74 Å². The van der Waals surface area contributed by atoms with Crippen LogP contribution >= 0.6 is 0 Å². The van der Waals surface area contributed by atoms with E-state index in [1.165, 1.54) is 0 Å². The molecular formula is C18H20O2. The molecule has 0 amide bonds. The van der Waals surface area contributed by atoms with Crippen molar-refractivity contribution in [2.75, 3.05) is 6.61 Å². The van der Waals surface area contributed by atoms with Crippen molar-refractivity contribution in [1.29, 1.82) is 0 Å². The Hall–Kier alpha value is -2.09. The Balaban J connectivity index is 1.81. The van der Waals surface area contributed by atoms with Gasteiger partial charge in [-0.1, -0.05) is 48.5 Å². The van der Waals surface area contributed by atoms with Crippen LogP contribution in [0.3, 0.4) is 0 Å². The maximum atomic E-state index is 11.9. The largest absolute Gasteiger partial charge is 0.493 e. The van der Waals surface area contributed by atoms with Crippen LogP contribution in [0, 0.1) is 13.8 Å². The van der Waals surface area contributed by atoms with Gasteiger partial charge in [0.05, 0.1) is 6.61 Å². The van der Waals surface area contributed by atoms with Crippen molar-refractivity contribution in [3.8, 4) is 5.75 Å². The van der Waals surface area contributed by atoms with Crippen molar-refractivity contribution < 1.29 is 9.53 Å². The van der Waals surface area contributed by atoms with Crippen molar-refractivity contribution in [3.63, 3.8) is 0 Å². The lowest BCUT2D eigenvalue weighted by Gasteiger charge is -2.11. The van der Waals surface area contributed by atoms with Crippen LogP contribution in [-0.4, -0.2) is 12.4 Å². The quantitative estimate of drug-likeness (QED) is 0.575. The third kappa shape index (κ3) is 3.70. The van der Waals surface area contributed by atoms with Crippen LogP contribution < -0.4 is 4.74 Å². The third-order valence-corrected chi connectivity index (χ3v) is 3.30. The molecule has 0 aromatic heterocycles. The first-order chi connectivity index (χ1) is 9.68. The predicted octanol–water partition coefficient (Wildman–Crippen LogP) is 4.35. The Morgan fingerprint density at radius 3 is 2.25 bits per heavy atom. The van der Waals surface area contributed by atoms with Gasteiger partial charge in [0.2, 0.25) is 0 Å². The lowest BCUT2D eigenvalue weighted by atomic mass is 10.1. The van der Waals surface area contributed by atoms with Gasteiger partial charge in [0.25, 0.3) is 0 Å². The average Bonchev–Trinajstić information content (AvgIpc) is 2.46. The lowest BCUT2D eigenvalue weighted by Crippen LogP contribution is -2.05. The summed E-state index contributed by atoms with van der Waals surface area (Å²) in [5.41, 5.74) is 3.05. The van der Waals surface area contributed by atoms with Crippen molar-refractivity contribution in [2.45, 2.75) is 26.7 Å². The number of aryl methyl sites for hydroxylation is 2. The number of Topliss-reactive ketones (excluding diaryl/α,β-unsaturated/α-hetero) is 1. The normalized spacial score (nSPS) is 10.3. The summed E-state index contributed by atoms with van der Waals surface area (Å²) in [4.78, 5) is 11.9. The monoisotopic (exact) mass is 268 g/mol. The lowest BCUT2D eigenvalue weighted by molar-refractivity contribution is 0.0973. The van der Waals surface area contributed by atoms with Crippen molar-refractivity contribution >= 4 is 5.78 Å². The first-order valence-electron chi connectivity index (χ1n) is 6.96. The van der Waals surface area contributed by atoms with E-state index in [4.69, 9.17) is 4.74 Å². The molecule has 104 valence electrons. The second kappa shape index (κ2) is 6.90. The summed E-state index contributed by atoms with van der Waals surface area (Å²) in [6.45, 7) is 4.65. The minimum atomic E-state index is 0.177. The molecule has 2 rings (SSSR count). The standard InChI is InChI=1S/C18H20O2/c1-14-8-6-9-15(2)18(14)20-13-7-12-17(19)16-10-4-3-5-11-16/h3-6,8-11H,7,12-13H2,1-2H3. The van der Waals surface area contributed by atoms with Gasteiger partial charge in [0.1, 0.15) is 5.75 Å². The number of hydrogen-bond acceptors (Lipinski definition) is 2. The Kier molecular flexibility index (Phi) is 4.94. The first kappa shape index (κ1) is 14.3. The summed E-state index contributed by atoms with van der Waals surface area (Å²) in [5.74, 6) is 1.12. The van der Waals surface area contributed by atoms with E-state index in [1.807, 2.05) is 62.4 Å². The molecule has 0 aliphatic heterocycles. The molecule has 0 radical (unpaired) electrons. The predicted molar refractivity (Wildman–Crippen MR) is 81.4 cm³/mol. The van der Waals surface area contributed by atoms with Gasteiger partial charge >= 0.3 is 0 Å². The Morgan fingerprint density at radius 1 is 0.950 bits per heavy atom. The van der Waals surface area contributed by atoms with Gasteiger partial charge in [-0.25, -0.2) is 0 Å². The molecule has 0 bridgehead atoms. The Labute approximate surface area is 120 Å². The molecule has 0 saturated heterocycles. The molecule has 2 aromatic carbocycles. The zero-order chi connectivity index (χ0) is 14.4. The minimum Gasteiger partial charge on any atom is -0.493 e. The Bertz CT molecular complexity index is 553. The van der Waals surface area contributed by atoms with Gasteiger partial charge in [-0.3, -0.25) is 4.79 Å². The van der Waals surface area contributed by atoms with Crippen LogP contribution in [0.2, 0.25) is 0 Å². The van der Waals surface area contributed by atoms with E-state index in [9.17, 15) is 4.79 Å². The summed E-state index contributed by atoms with van der Waals surface area (Å²) in [7, 11) is 0. The van der Waals surface area contributed by atoms with Crippen LogP contribution in [0.15, 0.2) is 48.5 Å². The number of hydrogen-bond donors (Lipinski definition) is 0. The molecule has 0 fully saturated rings. The van der Waals surface area contributed by atoms with Crippen LogP contribution in [-0.2, 0) is 0 Å². The van der Waals surface area contributed by atoms with E-state index in [2.05, 4.69) is 0 Å². The fourth-order valence-corrected chi connectivity index (χ4v) is 2.20. The van der Waals surface area contributed by atoms with E-state index in [-0.39, 0.29) is 5.78 Å². The van der Waals surface area contributed by atoms with E-state index < -0.39 is 0 Å². The van der Waals surface area contributed by atoms with E-state index in [1.54, 1.807) is 0 Å². The molecule has 0 aliphatic rings. The van der Waals surface area contributed by atoms with Gasteiger partial charge in [-0.15, -0.1) is 0 Å². The highest BCUT2D eigenvalue weighted by molar-refractivity contribution is 5.95. The van der Waals surface area contributed by atoms with Crippen LogP contribution in [0.5, 0.6) is 5.75 Å². The summed E-state index contributed by atoms with van der Waals surface area (Å²) in [6.07, 6.45) is 1.26. The summed E-state index contributed by atoms with van der Waals surface area (Å²) in [6, 6.07) is 15.5. The number of rotatable bonds is 6. The van der Waals surface area contributed by atoms with E-state index in [0.717, 1.165) is 28.9 Å². The molecule has 0 unspecified atom stereocenters. The summed E-state index contributed by atoms with van der Waals surface area (Å²) < 4.78 is 5.80. The second-order valence-electron chi connectivity index (χ2n) is 4.96. The number of ether oxygens (including phenoxy) is 1. The molecule has 2 nitrogen and oxygen atoms in total. The number of benzene rings is 2. The number of ketones is 1. The minimum absolute atomic E-state index is 0.177. The molecule has 0 N–H and O–H groups in total. The van der Waals surface area contributed by atoms with Crippen molar-refractivity contribution in [1.82, 2.24) is 0 Å². The molecule has 0 spiro atoms. The highest BCUT2D eigenvalue weighted by Gasteiger charge is 2.06. The smallest absolute Gasteiger partial charge is 0.163 e. The van der Waals surface area contributed by atoms with Crippen LogP contribution in [0.25, 0.3) is 0 Å². The average molecular weight is 268 g/mol. The first-order valence-corrected chi connectivity index (χ1v) is 6.96.